The highest BCUT2D eigenvalue weighted by Gasteiger charge is 2.44. The lowest BCUT2D eigenvalue weighted by atomic mass is 9.82. The molecule has 160 valence electrons. The molecule has 0 atom stereocenters. The molecule has 0 aliphatic carbocycles. The molecule has 11 nitrogen and oxygen atoms in total. The van der Waals surface area contributed by atoms with E-state index in [2.05, 4.69) is 46.4 Å². The largest absolute Gasteiger partial charge is 0.486 e. The summed E-state index contributed by atoms with van der Waals surface area (Å²) in [6.07, 6.45) is 1.73. The summed E-state index contributed by atoms with van der Waals surface area (Å²) in [6.45, 7) is 0.972. The van der Waals surface area contributed by atoms with Crippen molar-refractivity contribution in [1.29, 1.82) is 0 Å². The van der Waals surface area contributed by atoms with Crippen LogP contribution in [0, 0.1) is 0 Å². The zero-order valence-electron chi connectivity index (χ0n) is 16.1. The molecule has 1 N–H and O–H groups in total. The highest BCUT2D eigenvalue weighted by atomic mass is 79.9. The first kappa shape index (κ1) is 20.0. The predicted octanol–water partition coefficient (Wildman–Crippen LogP) is 2.04. The molecule has 0 bridgehead atoms. The van der Waals surface area contributed by atoms with Gasteiger partial charge in [-0.25, -0.2) is 0 Å². The maximum atomic E-state index is 12.8. The number of carboxylic acid groups (broad SMARTS) is 1. The van der Waals surface area contributed by atoms with Gasteiger partial charge < -0.3 is 14.7 Å². The number of hydrogen-bond acceptors (Lipinski definition) is 10. The predicted molar refractivity (Wildman–Crippen MR) is 112 cm³/mol. The number of benzene rings is 1. The topological polar surface area (TPSA) is 136 Å². The van der Waals surface area contributed by atoms with E-state index in [0.717, 1.165) is 9.27 Å². The van der Waals surface area contributed by atoms with E-state index in [1.54, 1.807) is 0 Å². The lowest BCUT2D eigenvalue weighted by molar-refractivity contribution is -0.138. The maximum Gasteiger partial charge on any atom is 0.327 e. The Morgan fingerprint density at radius 3 is 2.84 bits per heavy atom. The SMILES string of the molecule is O=C(O)Cn1nnc(-c2nnc(N3CCC4(CC3)CC(=O)c3c(Br)cccc3O4)s2)n1. The quantitative estimate of drug-likeness (QED) is 0.560. The van der Waals surface area contributed by atoms with Crippen molar-refractivity contribution in [3.05, 3.63) is 28.2 Å². The van der Waals surface area contributed by atoms with Crippen LogP contribution < -0.4 is 9.64 Å². The van der Waals surface area contributed by atoms with Crippen LogP contribution in [0.15, 0.2) is 22.7 Å². The Labute approximate surface area is 188 Å². The first-order valence-corrected chi connectivity index (χ1v) is 11.1. The normalized spacial score (nSPS) is 17.5. The molecule has 0 saturated carbocycles. The molecule has 0 radical (unpaired) electrons. The Balaban J connectivity index is 1.28. The third-order valence-corrected chi connectivity index (χ3v) is 6.98. The Kier molecular flexibility index (Phi) is 4.93. The smallest absolute Gasteiger partial charge is 0.327 e. The minimum absolute atomic E-state index is 0.0934. The van der Waals surface area contributed by atoms with E-state index in [1.807, 2.05) is 18.2 Å². The zero-order chi connectivity index (χ0) is 21.6. The standard InChI is InChI=1S/C18H16BrN7O4S/c19-10-2-1-3-12-14(10)11(27)8-18(30-12)4-6-25(7-5-18)17-22-21-16(31-17)15-20-24-26(23-15)9-13(28)29/h1-3H,4-9H2,(H,28,29). The molecule has 1 spiro atoms. The third-order valence-electron chi connectivity index (χ3n) is 5.34. The van der Waals surface area contributed by atoms with Gasteiger partial charge >= 0.3 is 5.97 Å². The number of halogens is 1. The number of nitrogens with zero attached hydrogens (tertiary/aromatic N) is 7. The van der Waals surface area contributed by atoms with Gasteiger partial charge in [-0.3, -0.25) is 9.59 Å². The van der Waals surface area contributed by atoms with Crippen LogP contribution in [0.3, 0.4) is 0 Å². The summed E-state index contributed by atoms with van der Waals surface area (Å²) in [5, 5.41) is 29.9. The first-order valence-electron chi connectivity index (χ1n) is 9.52. The average molecular weight is 506 g/mol. The Bertz CT molecular complexity index is 1170. The average Bonchev–Trinajstić information content (AvgIpc) is 3.37. The molecule has 2 aliphatic rings. The minimum atomic E-state index is -1.05. The molecular formula is C18H16BrN7O4S. The number of ketones is 1. The van der Waals surface area contributed by atoms with Crippen molar-refractivity contribution < 1.29 is 19.4 Å². The number of ether oxygens (including phenoxy) is 1. The highest BCUT2D eigenvalue weighted by molar-refractivity contribution is 9.10. The summed E-state index contributed by atoms with van der Waals surface area (Å²) in [5.74, 6) is -0.0897. The highest BCUT2D eigenvalue weighted by Crippen LogP contribution is 2.42. The first-order chi connectivity index (χ1) is 14.9. The monoisotopic (exact) mass is 505 g/mol. The van der Waals surface area contributed by atoms with Gasteiger partial charge in [0.05, 0.1) is 12.0 Å². The molecule has 2 aliphatic heterocycles. The Morgan fingerprint density at radius 2 is 2.06 bits per heavy atom. The van der Waals surface area contributed by atoms with Gasteiger partial charge in [-0.15, -0.1) is 20.4 Å². The summed E-state index contributed by atoms with van der Waals surface area (Å²) < 4.78 is 7.08. The molecule has 5 rings (SSSR count). The molecule has 1 aromatic carbocycles. The van der Waals surface area contributed by atoms with E-state index in [1.165, 1.54) is 11.3 Å². The molecule has 3 aromatic rings. The van der Waals surface area contributed by atoms with Gasteiger partial charge in [0.1, 0.15) is 11.4 Å². The number of Topliss-reactive ketones (excluding diaryl/α,β-unsaturated/α-hetero) is 1. The van der Waals surface area contributed by atoms with Crippen molar-refractivity contribution in [3.63, 3.8) is 0 Å². The number of anilines is 1. The Hall–Kier alpha value is -2.93. The number of fused-ring (bicyclic) bond motifs is 1. The molecule has 1 fully saturated rings. The fourth-order valence-electron chi connectivity index (χ4n) is 3.85. The van der Waals surface area contributed by atoms with Crippen LogP contribution in [0.5, 0.6) is 5.75 Å². The van der Waals surface area contributed by atoms with Crippen molar-refractivity contribution in [2.75, 3.05) is 18.0 Å². The van der Waals surface area contributed by atoms with E-state index < -0.39 is 11.6 Å². The maximum absolute atomic E-state index is 12.8. The van der Waals surface area contributed by atoms with Crippen molar-refractivity contribution in [1.82, 2.24) is 30.4 Å². The summed E-state index contributed by atoms with van der Waals surface area (Å²) >= 11 is 4.76. The van der Waals surface area contributed by atoms with Gasteiger partial charge in [0, 0.05) is 30.4 Å². The van der Waals surface area contributed by atoms with Crippen LogP contribution in [-0.4, -0.2) is 66.0 Å². The van der Waals surface area contributed by atoms with Crippen LogP contribution in [0.4, 0.5) is 5.13 Å². The van der Waals surface area contributed by atoms with E-state index in [4.69, 9.17) is 9.84 Å². The third kappa shape index (κ3) is 3.78. The number of aromatic nitrogens is 6. The van der Waals surface area contributed by atoms with Crippen LogP contribution in [0.25, 0.3) is 10.8 Å². The van der Waals surface area contributed by atoms with Crippen molar-refractivity contribution in [2.24, 2.45) is 0 Å². The van der Waals surface area contributed by atoms with Gasteiger partial charge in [-0.1, -0.05) is 17.4 Å². The molecule has 4 heterocycles. The fourth-order valence-corrected chi connectivity index (χ4v) is 5.24. The van der Waals surface area contributed by atoms with Gasteiger partial charge in [0.2, 0.25) is 11.0 Å². The summed E-state index contributed by atoms with van der Waals surface area (Å²) in [4.78, 5) is 26.6. The molecular weight excluding hydrogens is 490 g/mol. The molecule has 13 heteroatoms. The molecule has 1 saturated heterocycles. The van der Waals surface area contributed by atoms with Crippen molar-refractivity contribution >= 4 is 44.2 Å². The van der Waals surface area contributed by atoms with Gasteiger partial charge in [0.25, 0.3) is 0 Å². The number of carboxylic acids is 1. The minimum Gasteiger partial charge on any atom is -0.486 e. The van der Waals surface area contributed by atoms with Gasteiger partial charge in [0.15, 0.2) is 17.3 Å². The molecule has 0 unspecified atom stereocenters. The van der Waals surface area contributed by atoms with Crippen LogP contribution in [-0.2, 0) is 11.3 Å². The van der Waals surface area contributed by atoms with Gasteiger partial charge in [-0.05, 0) is 33.3 Å². The second kappa shape index (κ2) is 7.64. The number of aliphatic carboxylic acids is 1. The van der Waals surface area contributed by atoms with Crippen LogP contribution >= 0.6 is 27.3 Å². The Morgan fingerprint density at radius 1 is 1.26 bits per heavy atom. The van der Waals surface area contributed by atoms with E-state index in [-0.39, 0.29) is 18.2 Å². The zero-order valence-corrected chi connectivity index (χ0v) is 18.5. The fraction of sp³-hybridized carbons (Fsp3) is 0.389. The molecule has 31 heavy (non-hydrogen) atoms. The molecule has 2 aromatic heterocycles. The second-order valence-electron chi connectivity index (χ2n) is 7.41. The van der Waals surface area contributed by atoms with Crippen molar-refractivity contribution in [3.8, 4) is 16.6 Å². The number of rotatable bonds is 4. The summed E-state index contributed by atoms with van der Waals surface area (Å²) in [6, 6.07) is 5.56. The summed E-state index contributed by atoms with van der Waals surface area (Å²) in [5.41, 5.74) is 0.114. The number of tetrazole rings is 1. The molecule has 0 amide bonds. The van der Waals surface area contributed by atoms with E-state index in [9.17, 15) is 9.59 Å². The number of hydrogen-bond donors (Lipinski definition) is 1. The van der Waals surface area contributed by atoms with E-state index >= 15 is 0 Å². The number of carbonyl (C=O) groups excluding carboxylic acids is 1. The number of carbonyl (C=O) groups is 2. The summed E-state index contributed by atoms with van der Waals surface area (Å²) in [7, 11) is 0. The van der Waals surface area contributed by atoms with Gasteiger partial charge in [-0.2, -0.15) is 4.80 Å². The second-order valence-corrected chi connectivity index (χ2v) is 9.22. The lowest BCUT2D eigenvalue weighted by Crippen LogP contribution is -2.51. The van der Waals surface area contributed by atoms with Crippen molar-refractivity contribution in [2.45, 2.75) is 31.4 Å². The van der Waals surface area contributed by atoms with E-state index in [0.29, 0.717) is 53.8 Å². The van der Waals surface area contributed by atoms with Crippen LogP contribution in [0.2, 0.25) is 0 Å². The van der Waals surface area contributed by atoms with Crippen LogP contribution in [0.1, 0.15) is 29.6 Å². The number of piperidine rings is 1. The lowest BCUT2D eigenvalue weighted by Gasteiger charge is -2.43.